The molecule has 9 rings (SSSR count). The summed E-state index contributed by atoms with van der Waals surface area (Å²) < 4.78 is 8.64. The van der Waals surface area contributed by atoms with E-state index in [0.29, 0.717) is 10.0 Å². The average molecular weight is 637 g/mol. The average Bonchev–Trinajstić information content (AvgIpc) is 3.61. The Morgan fingerprint density at radius 2 is 1.16 bits per heavy atom. The minimum absolute atomic E-state index is 0.632. The van der Waals surface area contributed by atoms with E-state index < -0.39 is 0 Å². The van der Waals surface area contributed by atoms with Gasteiger partial charge >= 0.3 is 0 Å². The minimum atomic E-state index is 0.632. The molecule has 0 saturated carbocycles. The summed E-state index contributed by atoms with van der Waals surface area (Å²) in [6.45, 7) is 0. The Hall–Kier alpha value is -4.80. The molecule has 0 spiro atoms. The molecule has 0 aliphatic rings. The SMILES string of the molecule is Clc1cc(Cl)cc(-c2ccc3sc4cc(N(c5ccc6ccccc6c5)c5ccc6oc7ccccc7c6c5)ccc4c3c2)c1. The number of nitrogens with zero attached hydrogens (tertiary/aromatic N) is 1. The van der Waals surface area contributed by atoms with Crippen LogP contribution in [0.5, 0.6) is 0 Å². The molecule has 2 aromatic heterocycles. The highest BCUT2D eigenvalue weighted by molar-refractivity contribution is 7.25. The van der Waals surface area contributed by atoms with Gasteiger partial charge in [-0.3, -0.25) is 0 Å². The Bertz CT molecular complexity index is 2580. The molecular formula is C40H23Cl2NOS. The minimum Gasteiger partial charge on any atom is -0.456 e. The predicted octanol–water partition coefficient (Wildman–Crippen LogP) is 13.6. The lowest BCUT2D eigenvalue weighted by Gasteiger charge is -2.26. The Morgan fingerprint density at radius 1 is 0.444 bits per heavy atom. The maximum Gasteiger partial charge on any atom is 0.135 e. The lowest BCUT2D eigenvalue weighted by atomic mass is 10.0. The summed E-state index contributed by atoms with van der Waals surface area (Å²) in [5.41, 5.74) is 7.15. The van der Waals surface area contributed by atoms with Crippen LogP contribution >= 0.6 is 34.5 Å². The van der Waals surface area contributed by atoms with Crippen molar-refractivity contribution in [1.82, 2.24) is 0 Å². The van der Waals surface area contributed by atoms with Crippen molar-refractivity contribution in [2.45, 2.75) is 0 Å². The van der Waals surface area contributed by atoms with Crippen molar-refractivity contribution in [2.75, 3.05) is 4.90 Å². The first-order valence-electron chi connectivity index (χ1n) is 14.7. The van der Waals surface area contributed by atoms with Gasteiger partial charge in [0.15, 0.2) is 0 Å². The molecule has 0 unspecified atom stereocenters. The highest BCUT2D eigenvalue weighted by Gasteiger charge is 2.18. The molecule has 0 amide bonds. The van der Waals surface area contributed by atoms with Crippen molar-refractivity contribution in [3.8, 4) is 11.1 Å². The number of anilines is 3. The Kier molecular flexibility index (Phi) is 6.14. The van der Waals surface area contributed by atoms with Crippen LogP contribution < -0.4 is 4.90 Å². The molecule has 0 saturated heterocycles. The molecule has 5 heteroatoms. The van der Waals surface area contributed by atoms with Crippen LogP contribution in [-0.4, -0.2) is 0 Å². The predicted molar refractivity (Wildman–Crippen MR) is 194 cm³/mol. The smallest absolute Gasteiger partial charge is 0.135 e. The molecule has 9 aromatic rings. The van der Waals surface area contributed by atoms with E-state index in [1.807, 2.05) is 35.6 Å². The second kappa shape index (κ2) is 10.4. The van der Waals surface area contributed by atoms with Crippen molar-refractivity contribution < 1.29 is 4.42 Å². The van der Waals surface area contributed by atoms with Crippen LogP contribution in [0.4, 0.5) is 17.1 Å². The first-order chi connectivity index (χ1) is 22.1. The lowest BCUT2D eigenvalue weighted by molar-refractivity contribution is 0.669. The van der Waals surface area contributed by atoms with Crippen LogP contribution in [-0.2, 0) is 0 Å². The second-order valence-electron chi connectivity index (χ2n) is 11.3. The van der Waals surface area contributed by atoms with Gasteiger partial charge in [0.1, 0.15) is 11.2 Å². The maximum absolute atomic E-state index is 6.33. The van der Waals surface area contributed by atoms with Gasteiger partial charge in [0.05, 0.1) is 0 Å². The number of hydrogen-bond donors (Lipinski definition) is 0. The normalized spacial score (nSPS) is 11.8. The molecule has 2 nitrogen and oxygen atoms in total. The van der Waals surface area contributed by atoms with Gasteiger partial charge in [-0.1, -0.05) is 83.9 Å². The van der Waals surface area contributed by atoms with Crippen LogP contribution in [0.15, 0.2) is 144 Å². The van der Waals surface area contributed by atoms with Gasteiger partial charge in [-0.05, 0) is 101 Å². The molecule has 2 heterocycles. The van der Waals surface area contributed by atoms with Gasteiger partial charge in [-0.2, -0.15) is 0 Å². The summed E-state index contributed by atoms with van der Waals surface area (Å²) in [4.78, 5) is 2.34. The van der Waals surface area contributed by atoms with Gasteiger partial charge in [0, 0.05) is 58.1 Å². The third-order valence-corrected chi connectivity index (χ3v) is 10.1. The third-order valence-electron chi connectivity index (χ3n) is 8.52. The molecule has 214 valence electrons. The largest absolute Gasteiger partial charge is 0.456 e. The zero-order valence-electron chi connectivity index (χ0n) is 23.8. The Balaban J connectivity index is 1.23. The molecule has 0 radical (unpaired) electrons. The zero-order valence-corrected chi connectivity index (χ0v) is 26.1. The molecule has 0 aliphatic heterocycles. The van der Waals surface area contributed by atoms with Gasteiger partial charge < -0.3 is 9.32 Å². The lowest BCUT2D eigenvalue weighted by Crippen LogP contribution is -2.09. The third kappa shape index (κ3) is 4.55. The van der Waals surface area contributed by atoms with E-state index >= 15 is 0 Å². The van der Waals surface area contributed by atoms with Gasteiger partial charge in [-0.25, -0.2) is 0 Å². The van der Waals surface area contributed by atoms with Crippen LogP contribution in [0.1, 0.15) is 0 Å². The topological polar surface area (TPSA) is 16.4 Å². The first kappa shape index (κ1) is 26.6. The van der Waals surface area contributed by atoms with Crippen molar-refractivity contribution in [3.63, 3.8) is 0 Å². The van der Waals surface area contributed by atoms with E-state index in [-0.39, 0.29) is 0 Å². The van der Waals surface area contributed by atoms with E-state index in [1.54, 1.807) is 6.07 Å². The second-order valence-corrected chi connectivity index (χ2v) is 13.3. The molecule has 0 N–H and O–H groups in total. The van der Waals surface area contributed by atoms with Crippen molar-refractivity contribution in [3.05, 3.63) is 150 Å². The number of thiophene rings is 1. The fourth-order valence-corrected chi connectivity index (χ4v) is 8.07. The number of halogens is 2. The molecule has 0 aliphatic carbocycles. The fourth-order valence-electron chi connectivity index (χ4n) is 6.42. The van der Waals surface area contributed by atoms with Gasteiger partial charge in [-0.15, -0.1) is 11.3 Å². The van der Waals surface area contributed by atoms with Gasteiger partial charge in [0.25, 0.3) is 0 Å². The summed E-state index contributed by atoms with van der Waals surface area (Å²) in [5.74, 6) is 0. The van der Waals surface area contributed by atoms with Crippen molar-refractivity contribution in [2.24, 2.45) is 0 Å². The van der Waals surface area contributed by atoms with E-state index in [9.17, 15) is 0 Å². The first-order valence-corrected chi connectivity index (χ1v) is 16.3. The monoisotopic (exact) mass is 635 g/mol. The van der Waals surface area contributed by atoms with Crippen LogP contribution in [0.25, 0.3) is 64.0 Å². The Morgan fingerprint density at radius 3 is 2.04 bits per heavy atom. The standard InChI is InChI=1S/C40H23Cl2NOS/c41-28-17-27(18-29(42)21-28)26-10-16-39-36(20-26)34-14-12-32(23-40(34)45-39)43(30-11-9-24-5-1-2-6-25(24)19-30)31-13-15-38-35(22-31)33-7-3-4-8-37(33)44-38/h1-23H. The number of para-hydroxylation sites is 1. The molecule has 0 bridgehead atoms. The quantitative estimate of drug-likeness (QED) is 0.191. The summed E-state index contributed by atoms with van der Waals surface area (Å²) in [6, 6.07) is 48.9. The maximum atomic E-state index is 6.33. The summed E-state index contributed by atoms with van der Waals surface area (Å²) in [7, 11) is 0. The van der Waals surface area contributed by atoms with Crippen molar-refractivity contribution in [1.29, 1.82) is 0 Å². The summed E-state index contributed by atoms with van der Waals surface area (Å²) in [5, 5.41) is 8.35. The highest BCUT2D eigenvalue weighted by Crippen LogP contribution is 2.43. The summed E-state index contributed by atoms with van der Waals surface area (Å²) >= 11 is 14.5. The van der Waals surface area contributed by atoms with Gasteiger partial charge in [0.2, 0.25) is 0 Å². The Labute approximate surface area is 273 Å². The van der Waals surface area contributed by atoms with Crippen LogP contribution in [0.2, 0.25) is 10.0 Å². The van der Waals surface area contributed by atoms with Crippen molar-refractivity contribution >= 4 is 104 Å². The number of fused-ring (bicyclic) bond motifs is 7. The summed E-state index contributed by atoms with van der Waals surface area (Å²) in [6.07, 6.45) is 0. The highest BCUT2D eigenvalue weighted by atomic mass is 35.5. The van der Waals surface area contributed by atoms with Crippen LogP contribution in [0.3, 0.4) is 0 Å². The zero-order chi connectivity index (χ0) is 30.1. The van der Waals surface area contributed by atoms with Crippen LogP contribution in [0, 0.1) is 0 Å². The van der Waals surface area contributed by atoms with E-state index in [0.717, 1.165) is 50.1 Å². The molecule has 7 aromatic carbocycles. The molecule has 0 fully saturated rings. The number of furan rings is 1. The number of hydrogen-bond acceptors (Lipinski definition) is 3. The number of rotatable bonds is 4. The van der Waals surface area contributed by atoms with E-state index in [2.05, 4.69) is 114 Å². The molecular weight excluding hydrogens is 613 g/mol. The number of benzene rings is 7. The van der Waals surface area contributed by atoms with E-state index in [4.69, 9.17) is 27.6 Å². The van der Waals surface area contributed by atoms with E-state index in [1.165, 1.54) is 30.9 Å². The molecule has 0 atom stereocenters. The molecule has 45 heavy (non-hydrogen) atoms. The fraction of sp³-hybridized carbons (Fsp3) is 0.